The van der Waals surface area contributed by atoms with Crippen molar-refractivity contribution < 1.29 is 13.2 Å². The Morgan fingerprint density at radius 2 is 1.97 bits per heavy atom. The minimum absolute atomic E-state index is 0.00545. The maximum absolute atomic E-state index is 13.1. The van der Waals surface area contributed by atoms with E-state index in [2.05, 4.69) is 11.5 Å². The van der Waals surface area contributed by atoms with Crippen LogP contribution in [0, 0.1) is 13.8 Å². The maximum Gasteiger partial charge on any atom is 0.238 e. The van der Waals surface area contributed by atoms with Gasteiger partial charge in [0.05, 0.1) is 16.3 Å². The number of carbonyl (C=O) groups is 1. The molecule has 4 rings (SSSR count). The van der Waals surface area contributed by atoms with Gasteiger partial charge in [0.1, 0.15) is 0 Å². The summed E-state index contributed by atoms with van der Waals surface area (Å²) in [7, 11) is -3.76. The highest BCUT2D eigenvalue weighted by atomic mass is 32.2. The second kappa shape index (κ2) is 8.01. The standard InChI is InChI=1S/C21H28N4O3S2/c1-13-10-16-11-18(30(22,27)28)8-9-19(16)24(13)20(26)12-29-21-23-14(2)15(3)25(21)17-6-4-5-7-17/h8-9,11,13,17H,4-7,10,12H2,1-3H3,(H2,22,27,28)/t13-/m1/s1. The largest absolute Gasteiger partial charge is 0.320 e. The third-order valence-electron chi connectivity index (χ3n) is 6.23. The van der Waals surface area contributed by atoms with Gasteiger partial charge in [0.25, 0.3) is 0 Å². The van der Waals surface area contributed by atoms with E-state index in [1.807, 2.05) is 13.8 Å². The lowest BCUT2D eigenvalue weighted by Crippen LogP contribution is -2.37. The Hall–Kier alpha value is -1.84. The number of fused-ring (bicyclic) bond motifs is 1. The summed E-state index contributed by atoms with van der Waals surface area (Å²) in [4.78, 5) is 19.7. The quantitative estimate of drug-likeness (QED) is 0.708. The summed E-state index contributed by atoms with van der Waals surface area (Å²) in [6.07, 6.45) is 5.44. The molecule has 1 aromatic heterocycles. The predicted octanol–water partition coefficient (Wildman–Crippen LogP) is 3.33. The van der Waals surface area contributed by atoms with Crippen molar-refractivity contribution in [2.75, 3.05) is 10.7 Å². The summed E-state index contributed by atoms with van der Waals surface area (Å²) in [6.45, 7) is 6.11. The summed E-state index contributed by atoms with van der Waals surface area (Å²) in [5.41, 5.74) is 3.82. The van der Waals surface area contributed by atoms with Gasteiger partial charge in [-0.05, 0) is 63.8 Å². The molecular formula is C21H28N4O3S2. The molecule has 0 saturated heterocycles. The molecule has 2 aromatic rings. The number of hydrogen-bond acceptors (Lipinski definition) is 5. The van der Waals surface area contributed by atoms with Gasteiger partial charge in [-0.2, -0.15) is 0 Å². The Bertz CT molecular complexity index is 1090. The van der Waals surface area contributed by atoms with E-state index in [1.165, 1.54) is 49.2 Å². The fourth-order valence-electron chi connectivity index (χ4n) is 4.65. The summed E-state index contributed by atoms with van der Waals surface area (Å²) < 4.78 is 25.6. The van der Waals surface area contributed by atoms with Gasteiger partial charge in [0.15, 0.2) is 5.16 Å². The van der Waals surface area contributed by atoms with Crippen LogP contribution >= 0.6 is 11.8 Å². The van der Waals surface area contributed by atoms with E-state index in [9.17, 15) is 13.2 Å². The molecule has 0 bridgehead atoms. The van der Waals surface area contributed by atoms with Crippen LogP contribution in [0.4, 0.5) is 5.69 Å². The van der Waals surface area contributed by atoms with Crippen LogP contribution in [0.3, 0.4) is 0 Å². The molecule has 1 saturated carbocycles. The summed E-state index contributed by atoms with van der Waals surface area (Å²) in [5.74, 6) is 0.300. The monoisotopic (exact) mass is 448 g/mol. The average Bonchev–Trinajstić information content (AvgIpc) is 3.37. The second-order valence-corrected chi connectivity index (χ2v) is 10.8. The molecule has 1 aliphatic carbocycles. The molecule has 1 aliphatic heterocycles. The van der Waals surface area contributed by atoms with Crippen LogP contribution in [0.1, 0.15) is 55.6 Å². The van der Waals surface area contributed by atoms with Crippen LogP contribution in [-0.2, 0) is 21.2 Å². The van der Waals surface area contributed by atoms with Crippen LogP contribution in [0.5, 0.6) is 0 Å². The molecule has 1 atom stereocenters. The Morgan fingerprint density at radius 1 is 1.27 bits per heavy atom. The molecule has 7 nitrogen and oxygen atoms in total. The first-order valence-corrected chi connectivity index (χ1v) is 12.9. The average molecular weight is 449 g/mol. The van der Waals surface area contributed by atoms with Crippen molar-refractivity contribution in [3.63, 3.8) is 0 Å². The van der Waals surface area contributed by atoms with Crippen LogP contribution in [0.25, 0.3) is 0 Å². The number of primary sulfonamides is 1. The van der Waals surface area contributed by atoms with Crippen molar-refractivity contribution in [3.8, 4) is 0 Å². The molecule has 9 heteroatoms. The van der Waals surface area contributed by atoms with Gasteiger partial charge in [-0.25, -0.2) is 18.5 Å². The number of imidazole rings is 1. The number of aryl methyl sites for hydroxylation is 1. The number of amides is 1. The lowest BCUT2D eigenvalue weighted by molar-refractivity contribution is -0.116. The smallest absolute Gasteiger partial charge is 0.238 e. The molecule has 2 aliphatic rings. The zero-order valence-electron chi connectivity index (χ0n) is 17.6. The molecule has 0 spiro atoms. The maximum atomic E-state index is 13.1. The van der Waals surface area contributed by atoms with E-state index >= 15 is 0 Å². The number of nitrogens with zero attached hydrogens (tertiary/aromatic N) is 3. The zero-order valence-corrected chi connectivity index (χ0v) is 19.2. The third-order valence-corrected chi connectivity index (χ3v) is 8.08. The first-order valence-electron chi connectivity index (χ1n) is 10.3. The molecule has 1 aromatic carbocycles. The van der Waals surface area contributed by atoms with Gasteiger partial charge in [-0.1, -0.05) is 24.6 Å². The molecule has 2 heterocycles. The lowest BCUT2D eigenvalue weighted by Gasteiger charge is -2.23. The zero-order chi connectivity index (χ0) is 21.6. The molecule has 30 heavy (non-hydrogen) atoms. The first-order chi connectivity index (χ1) is 14.2. The van der Waals surface area contributed by atoms with Gasteiger partial charge < -0.3 is 9.47 Å². The Labute approximate surface area is 182 Å². The Balaban J connectivity index is 1.53. The molecule has 0 radical (unpaired) electrons. The van der Waals surface area contributed by atoms with Gasteiger partial charge in [0, 0.05) is 23.5 Å². The molecule has 2 N–H and O–H groups in total. The van der Waals surface area contributed by atoms with Crippen LogP contribution in [-0.4, -0.2) is 35.7 Å². The van der Waals surface area contributed by atoms with E-state index < -0.39 is 10.0 Å². The number of thioether (sulfide) groups is 1. The Morgan fingerprint density at radius 3 is 2.63 bits per heavy atom. The highest BCUT2D eigenvalue weighted by molar-refractivity contribution is 7.99. The van der Waals surface area contributed by atoms with Gasteiger partial charge in [-0.3, -0.25) is 4.79 Å². The van der Waals surface area contributed by atoms with E-state index in [0.717, 1.165) is 22.1 Å². The highest BCUT2D eigenvalue weighted by Gasteiger charge is 2.32. The van der Waals surface area contributed by atoms with Crippen LogP contribution in [0.15, 0.2) is 28.3 Å². The number of nitrogens with two attached hydrogens (primary N) is 1. The van der Waals surface area contributed by atoms with E-state index in [1.54, 1.807) is 17.0 Å². The molecule has 1 amide bonds. The number of hydrogen-bond donors (Lipinski definition) is 1. The number of aromatic nitrogens is 2. The molecule has 1 fully saturated rings. The predicted molar refractivity (Wildman–Crippen MR) is 118 cm³/mol. The topological polar surface area (TPSA) is 98.3 Å². The molecule has 162 valence electrons. The summed E-state index contributed by atoms with van der Waals surface area (Å²) >= 11 is 1.49. The number of sulfonamides is 1. The van der Waals surface area contributed by atoms with Gasteiger partial charge in [-0.15, -0.1) is 0 Å². The number of rotatable bonds is 5. The van der Waals surface area contributed by atoms with E-state index in [4.69, 9.17) is 10.1 Å². The number of benzene rings is 1. The fourth-order valence-corrected chi connectivity index (χ4v) is 6.23. The van der Waals surface area contributed by atoms with Gasteiger partial charge >= 0.3 is 0 Å². The van der Waals surface area contributed by atoms with Crippen molar-refractivity contribution in [1.29, 1.82) is 0 Å². The SMILES string of the molecule is Cc1nc(SCC(=O)N2c3ccc(S(N)(=O)=O)cc3C[C@H]2C)n(C2CCCC2)c1C. The minimum atomic E-state index is -3.76. The molecule has 0 unspecified atom stereocenters. The van der Waals surface area contributed by atoms with Crippen molar-refractivity contribution in [2.45, 2.75) is 75.0 Å². The van der Waals surface area contributed by atoms with Gasteiger partial charge in [0.2, 0.25) is 15.9 Å². The number of carbonyl (C=O) groups excluding carboxylic acids is 1. The normalized spacial score (nSPS) is 19.5. The molecular weight excluding hydrogens is 420 g/mol. The third kappa shape index (κ3) is 3.90. The summed E-state index contributed by atoms with van der Waals surface area (Å²) in [6, 6.07) is 5.20. The Kier molecular flexibility index (Phi) is 5.71. The van der Waals surface area contributed by atoms with Crippen molar-refractivity contribution in [2.24, 2.45) is 5.14 Å². The van der Waals surface area contributed by atoms with Crippen LogP contribution < -0.4 is 10.0 Å². The summed E-state index contributed by atoms with van der Waals surface area (Å²) in [5, 5.41) is 6.17. The van der Waals surface area contributed by atoms with Crippen molar-refractivity contribution >= 4 is 33.4 Å². The van der Waals surface area contributed by atoms with E-state index in [-0.39, 0.29) is 16.8 Å². The number of anilines is 1. The van der Waals surface area contributed by atoms with E-state index in [0.29, 0.717) is 18.2 Å². The van der Waals surface area contributed by atoms with Crippen molar-refractivity contribution in [1.82, 2.24) is 9.55 Å². The lowest BCUT2D eigenvalue weighted by atomic mass is 10.1. The fraction of sp³-hybridized carbons (Fsp3) is 0.524. The first kappa shape index (κ1) is 21.4. The highest BCUT2D eigenvalue weighted by Crippen LogP contribution is 2.37. The van der Waals surface area contributed by atoms with Crippen molar-refractivity contribution in [3.05, 3.63) is 35.2 Å². The minimum Gasteiger partial charge on any atom is -0.320 e. The second-order valence-electron chi connectivity index (χ2n) is 8.31. The van der Waals surface area contributed by atoms with Crippen LogP contribution in [0.2, 0.25) is 0 Å².